The van der Waals surface area contributed by atoms with Gasteiger partial charge in [-0.1, -0.05) is 5.10 Å². The first-order valence-electron chi connectivity index (χ1n) is 4.51. The molecule has 0 fully saturated rings. The van der Waals surface area contributed by atoms with E-state index in [0.29, 0.717) is 11.3 Å². The lowest BCUT2D eigenvalue weighted by atomic mass is 10.1. The minimum Gasteiger partial charge on any atom is -0.461 e. The summed E-state index contributed by atoms with van der Waals surface area (Å²) in [5, 5.41) is 13.3. The maximum Gasteiger partial charge on any atom is 0.261 e. The van der Waals surface area contributed by atoms with Gasteiger partial charge in [0.2, 0.25) is 5.76 Å². The molecule has 0 amide bonds. The Hall–Kier alpha value is -2.51. The molecule has 0 saturated carbocycles. The van der Waals surface area contributed by atoms with Gasteiger partial charge in [-0.05, 0) is 19.1 Å². The molecule has 2 heterocycles. The maximum absolute atomic E-state index is 10.2. The van der Waals surface area contributed by atoms with Crippen LogP contribution in [0.25, 0.3) is 5.76 Å². The van der Waals surface area contributed by atoms with Crippen LogP contribution in [-0.2, 0) is 9.63 Å². The summed E-state index contributed by atoms with van der Waals surface area (Å²) >= 11 is 0. The summed E-state index contributed by atoms with van der Waals surface area (Å²) in [5.74, 6) is 0.700. The van der Waals surface area contributed by atoms with Gasteiger partial charge in [-0.15, -0.1) is 5.17 Å². The van der Waals surface area contributed by atoms with Crippen molar-refractivity contribution in [2.75, 3.05) is 0 Å². The Morgan fingerprint density at radius 1 is 1.62 bits per heavy atom. The van der Waals surface area contributed by atoms with Gasteiger partial charge >= 0.3 is 0 Å². The zero-order valence-electron chi connectivity index (χ0n) is 8.38. The van der Waals surface area contributed by atoms with Crippen molar-refractivity contribution in [1.82, 2.24) is 5.17 Å². The lowest BCUT2D eigenvalue weighted by Crippen LogP contribution is -2.22. The van der Waals surface area contributed by atoms with E-state index in [4.69, 9.17) is 14.5 Å². The summed E-state index contributed by atoms with van der Waals surface area (Å²) in [6.07, 6.45) is 2.83. The van der Waals surface area contributed by atoms with Crippen LogP contribution in [0.1, 0.15) is 12.7 Å². The number of carbonyl (C=O) groups excluding carboxylic acids is 1. The first-order valence-corrected chi connectivity index (χ1v) is 4.51. The molecule has 0 bridgehead atoms. The largest absolute Gasteiger partial charge is 0.461 e. The molecule has 6 nitrogen and oxygen atoms in total. The second kappa shape index (κ2) is 3.93. The van der Waals surface area contributed by atoms with Crippen molar-refractivity contribution >= 4 is 11.8 Å². The minimum atomic E-state index is -0.438. The molecule has 0 radical (unpaired) electrons. The van der Waals surface area contributed by atoms with Gasteiger partial charge in [0.15, 0.2) is 5.76 Å². The molecule has 1 unspecified atom stereocenters. The van der Waals surface area contributed by atoms with Crippen LogP contribution in [0.3, 0.4) is 0 Å². The summed E-state index contributed by atoms with van der Waals surface area (Å²) in [5.41, 5.74) is 0.356. The predicted octanol–water partition coefficient (Wildman–Crippen LogP) is 1.40. The molecule has 1 aromatic heterocycles. The molecule has 1 aliphatic heterocycles. The summed E-state index contributed by atoms with van der Waals surface area (Å²) in [7, 11) is 0. The molecule has 2 rings (SSSR count). The lowest BCUT2D eigenvalue weighted by molar-refractivity contribution is -0.0869. The third-order valence-corrected chi connectivity index (χ3v) is 2.18. The van der Waals surface area contributed by atoms with E-state index in [2.05, 4.69) is 5.10 Å². The molecule has 6 heteroatoms. The van der Waals surface area contributed by atoms with Crippen molar-refractivity contribution < 1.29 is 14.0 Å². The molecule has 0 aliphatic carbocycles. The third kappa shape index (κ3) is 1.45. The van der Waals surface area contributed by atoms with Gasteiger partial charge in [0.25, 0.3) is 6.08 Å². The number of nitrogens with zero attached hydrogens (tertiary/aromatic N) is 3. The van der Waals surface area contributed by atoms with Crippen LogP contribution in [0.2, 0.25) is 0 Å². The molecule has 1 aliphatic rings. The zero-order chi connectivity index (χ0) is 11.5. The summed E-state index contributed by atoms with van der Waals surface area (Å²) in [6.45, 7) is 1.69. The normalized spacial score (nSPS) is 19.0. The first kappa shape index (κ1) is 10.0. The molecule has 0 spiro atoms. The van der Waals surface area contributed by atoms with Crippen molar-refractivity contribution in [3.8, 4) is 6.07 Å². The van der Waals surface area contributed by atoms with Crippen molar-refractivity contribution in [3.63, 3.8) is 0 Å². The fraction of sp³-hybridized carbons (Fsp3) is 0.200. The van der Waals surface area contributed by atoms with Gasteiger partial charge in [0.05, 0.1) is 6.26 Å². The highest BCUT2D eigenvalue weighted by atomic mass is 16.7. The Bertz CT molecular complexity index is 506. The smallest absolute Gasteiger partial charge is 0.261 e. The molecule has 16 heavy (non-hydrogen) atoms. The maximum atomic E-state index is 10.2. The molecule has 80 valence electrons. The van der Waals surface area contributed by atoms with Crippen molar-refractivity contribution in [3.05, 3.63) is 29.7 Å². The zero-order valence-corrected chi connectivity index (χ0v) is 8.38. The molecule has 1 aromatic rings. The fourth-order valence-electron chi connectivity index (χ4n) is 1.40. The first-order chi connectivity index (χ1) is 7.77. The van der Waals surface area contributed by atoms with E-state index in [0.717, 1.165) is 5.17 Å². The number of furan rings is 1. The van der Waals surface area contributed by atoms with E-state index in [1.807, 2.05) is 6.07 Å². The number of nitriles is 1. The van der Waals surface area contributed by atoms with Crippen LogP contribution in [0.4, 0.5) is 0 Å². The number of isocyanates is 1. The van der Waals surface area contributed by atoms with Crippen molar-refractivity contribution in [2.24, 2.45) is 5.10 Å². The number of hydrogen-bond acceptors (Lipinski definition) is 6. The number of rotatable bonds is 2. The standard InChI is InChI=1S/C10H7N3O3/c1-7-8(5-11)10(9-3-2-4-15-9)16-13(7)12-6-14/h2-4,7H,1H3. The molecule has 0 N–H and O–H groups in total. The van der Waals surface area contributed by atoms with Gasteiger partial charge in [0, 0.05) is 0 Å². The van der Waals surface area contributed by atoms with Gasteiger partial charge in [-0.25, -0.2) is 4.79 Å². The predicted molar refractivity (Wildman–Crippen MR) is 51.7 cm³/mol. The summed E-state index contributed by atoms with van der Waals surface area (Å²) in [6, 6.07) is 4.90. The molecular formula is C10H7N3O3. The number of hydrazone groups is 1. The van der Waals surface area contributed by atoms with E-state index in [1.54, 1.807) is 19.1 Å². The number of hydroxylamine groups is 1. The Balaban J connectivity index is 2.41. The monoisotopic (exact) mass is 217 g/mol. The molecule has 1 atom stereocenters. The van der Waals surface area contributed by atoms with E-state index >= 15 is 0 Å². The number of hydrogen-bond donors (Lipinski definition) is 0. The van der Waals surface area contributed by atoms with Crippen LogP contribution >= 0.6 is 0 Å². The second-order valence-electron chi connectivity index (χ2n) is 3.09. The fourth-order valence-corrected chi connectivity index (χ4v) is 1.40. The third-order valence-electron chi connectivity index (χ3n) is 2.18. The molecular weight excluding hydrogens is 210 g/mol. The van der Waals surface area contributed by atoms with Crippen LogP contribution < -0.4 is 0 Å². The average molecular weight is 217 g/mol. The minimum absolute atomic E-state index is 0.277. The van der Waals surface area contributed by atoms with E-state index in [-0.39, 0.29) is 5.76 Å². The Kier molecular flexibility index (Phi) is 2.46. The van der Waals surface area contributed by atoms with E-state index in [1.165, 1.54) is 12.3 Å². The van der Waals surface area contributed by atoms with Gasteiger partial charge in [0.1, 0.15) is 17.7 Å². The highest BCUT2D eigenvalue weighted by molar-refractivity contribution is 5.66. The van der Waals surface area contributed by atoms with Crippen LogP contribution in [0.5, 0.6) is 0 Å². The van der Waals surface area contributed by atoms with Crippen LogP contribution in [0.15, 0.2) is 33.5 Å². The Morgan fingerprint density at radius 3 is 3.00 bits per heavy atom. The SMILES string of the molecule is CC1C(C#N)=C(c2ccco2)ON1N=C=O. The lowest BCUT2D eigenvalue weighted by Gasteiger charge is -2.13. The molecule has 0 aromatic carbocycles. The second-order valence-corrected chi connectivity index (χ2v) is 3.09. The van der Waals surface area contributed by atoms with Crippen molar-refractivity contribution in [1.29, 1.82) is 5.26 Å². The highest BCUT2D eigenvalue weighted by Gasteiger charge is 2.34. The average Bonchev–Trinajstić information content (AvgIpc) is 2.88. The van der Waals surface area contributed by atoms with Crippen LogP contribution in [0, 0.1) is 11.3 Å². The van der Waals surface area contributed by atoms with Crippen LogP contribution in [-0.4, -0.2) is 17.3 Å². The van der Waals surface area contributed by atoms with Gasteiger partial charge in [-0.2, -0.15) is 5.26 Å². The van der Waals surface area contributed by atoms with Crippen molar-refractivity contribution in [2.45, 2.75) is 13.0 Å². The van der Waals surface area contributed by atoms with Gasteiger partial charge in [-0.3, -0.25) is 0 Å². The quantitative estimate of drug-likeness (QED) is 0.552. The van der Waals surface area contributed by atoms with Gasteiger partial charge < -0.3 is 9.25 Å². The van der Waals surface area contributed by atoms with E-state index < -0.39 is 6.04 Å². The Labute approximate surface area is 91.0 Å². The van der Waals surface area contributed by atoms with E-state index in [9.17, 15) is 4.79 Å². The topological polar surface area (TPSA) is 78.8 Å². The Morgan fingerprint density at radius 2 is 2.44 bits per heavy atom. The summed E-state index contributed by atoms with van der Waals surface area (Å²) < 4.78 is 5.12. The summed E-state index contributed by atoms with van der Waals surface area (Å²) in [4.78, 5) is 15.4. The molecule has 0 saturated heterocycles. The highest BCUT2D eigenvalue weighted by Crippen LogP contribution is 2.32.